The lowest BCUT2D eigenvalue weighted by molar-refractivity contribution is -0.139. The van der Waals surface area contributed by atoms with Crippen LogP contribution in [0.15, 0.2) is 11.1 Å². The number of carboxylic acid groups (broad SMARTS) is 1. The van der Waals surface area contributed by atoms with Crippen molar-refractivity contribution in [2.45, 2.75) is 6.92 Å². The molecule has 2 fully saturated rings. The maximum absolute atomic E-state index is 12.2. The van der Waals surface area contributed by atoms with Crippen LogP contribution in [0.1, 0.15) is 6.92 Å². The molecule has 2 heterocycles. The van der Waals surface area contributed by atoms with Gasteiger partial charge in [-0.05, 0) is 12.5 Å². The molecule has 0 spiro atoms. The third kappa shape index (κ3) is 2.88. The maximum atomic E-state index is 12.2. The van der Waals surface area contributed by atoms with E-state index in [1.807, 2.05) is 16.7 Å². The van der Waals surface area contributed by atoms with Gasteiger partial charge in [-0.1, -0.05) is 0 Å². The molecule has 2 saturated heterocycles. The molecule has 100 valence electrons. The maximum Gasteiger partial charge on any atom is 0.317 e. The molecule has 0 unspecified atom stereocenters. The zero-order valence-electron chi connectivity index (χ0n) is 10.6. The summed E-state index contributed by atoms with van der Waals surface area (Å²) in [5.41, 5.74) is 2.04. The second kappa shape index (κ2) is 5.49. The Morgan fingerprint density at radius 3 is 2.28 bits per heavy atom. The summed E-state index contributed by atoms with van der Waals surface area (Å²) in [6, 6.07) is 0. The third-order valence-electron chi connectivity index (χ3n) is 3.55. The van der Waals surface area contributed by atoms with Crippen LogP contribution in [0.25, 0.3) is 0 Å². The number of nitrogens with one attached hydrogen (secondary N) is 1. The molecule has 0 aliphatic carbocycles. The summed E-state index contributed by atoms with van der Waals surface area (Å²) in [5.74, 6) is -0.713. The average Bonchev–Trinajstić information content (AvgIpc) is 2.26. The van der Waals surface area contributed by atoms with E-state index >= 15 is 0 Å². The summed E-state index contributed by atoms with van der Waals surface area (Å²) in [5, 5.41) is 11.8. The van der Waals surface area contributed by atoms with Crippen molar-refractivity contribution in [3.63, 3.8) is 0 Å². The van der Waals surface area contributed by atoms with Crippen LogP contribution >= 0.6 is 0 Å². The topological polar surface area (TPSA) is 72.9 Å². The Labute approximate surface area is 106 Å². The van der Waals surface area contributed by atoms with Crippen LogP contribution in [0.2, 0.25) is 0 Å². The van der Waals surface area contributed by atoms with E-state index in [1.54, 1.807) is 0 Å². The summed E-state index contributed by atoms with van der Waals surface area (Å²) in [7, 11) is 0. The Bertz CT molecular complexity index is 378. The first kappa shape index (κ1) is 13.0. The van der Waals surface area contributed by atoms with Gasteiger partial charge in [0.15, 0.2) is 0 Å². The summed E-state index contributed by atoms with van der Waals surface area (Å²) >= 11 is 0. The minimum Gasteiger partial charge on any atom is -0.480 e. The van der Waals surface area contributed by atoms with Gasteiger partial charge in [-0.2, -0.15) is 0 Å². The summed E-state index contributed by atoms with van der Waals surface area (Å²) in [6.45, 7) is 6.08. The highest BCUT2D eigenvalue weighted by atomic mass is 16.4. The number of carbonyl (C=O) groups is 2. The van der Waals surface area contributed by atoms with Crippen molar-refractivity contribution < 1.29 is 14.7 Å². The molecule has 0 atom stereocenters. The molecule has 2 aliphatic rings. The van der Waals surface area contributed by atoms with Gasteiger partial charge in [0.2, 0.25) is 5.91 Å². The molecular weight excluding hydrogens is 234 g/mol. The second-order valence-corrected chi connectivity index (χ2v) is 4.79. The molecular formula is C12H19N3O3. The second-order valence-electron chi connectivity index (χ2n) is 4.79. The molecule has 0 bridgehead atoms. The number of amides is 1. The van der Waals surface area contributed by atoms with Gasteiger partial charge in [-0.15, -0.1) is 0 Å². The van der Waals surface area contributed by atoms with Crippen LogP contribution < -0.4 is 5.32 Å². The number of carboxylic acids is 1. The van der Waals surface area contributed by atoms with Gasteiger partial charge in [0.25, 0.3) is 0 Å². The van der Waals surface area contributed by atoms with E-state index < -0.39 is 5.97 Å². The average molecular weight is 253 g/mol. The van der Waals surface area contributed by atoms with Gasteiger partial charge in [-0.3, -0.25) is 14.5 Å². The standard InChI is InChI=1S/C12H19N3O3/c1-9(10-6-13-7-10)12(18)15-4-2-14(3-5-15)8-11(16)17/h13H,2-8H2,1H3,(H,16,17). The number of hydrogen-bond donors (Lipinski definition) is 2. The van der Waals surface area contributed by atoms with Crippen molar-refractivity contribution in [3.05, 3.63) is 11.1 Å². The molecule has 0 radical (unpaired) electrons. The van der Waals surface area contributed by atoms with Gasteiger partial charge >= 0.3 is 5.97 Å². The fourth-order valence-electron chi connectivity index (χ4n) is 2.20. The van der Waals surface area contributed by atoms with Crippen LogP contribution in [-0.4, -0.2) is 72.6 Å². The molecule has 2 aliphatic heterocycles. The van der Waals surface area contributed by atoms with E-state index in [0.717, 1.165) is 18.7 Å². The Morgan fingerprint density at radius 1 is 1.22 bits per heavy atom. The number of carbonyl (C=O) groups excluding carboxylic acids is 1. The van der Waals surface area contributed by atoms with Crippen LogP contribution in [0.3, 0.4) is 0 Å². The molecule has 2 rings (SSSR count). The van der Waals surface area contributed by atoms with Crippen LogP contribution in [0, 0.1) is 0 Å². The quantitative estimate of drug-likeness (QED) is 0.640. The molecule has 0 aromatic rings. The van der Waals surface area contributed by atoms with Crippen LogP contribution in [0.5, 0.6) is 0 Å². The van der Waals surface area contributed by atoms with E-state index in [-0.39, 0.29) is 12.5 Å². The number of rotatable bonds is 3. The fourth-order valence-corrected chi connectivity index (χ4v) is 2.20. The Morgan fingerprint density at radius 2 is 1.83 bits per heavy atom. The largest absolute Gasteiger partial charge is 0.480 e. The first-order valence-corrected chi connectivity index (χ1v) is 6.20. The Hall–Kier alpha value is -1.40. The highest BCUT2D eigenvalue weighted by molar-refractivity contribution is 5.94. The number of nitrogens with zero attached hydrogens (tertiary/aromatic N) is 2. The van der Waals surface area contributed by atoms with Crippen molar-refractivity contribution in [2.75, 3.05) is 45.8 Å². The van der Waals surface area contributed by atoms with E-state index in [0.29, 0.717) is 26.2 Å². The minimum absolute atomic E-state index is 0.0615. The zero-order valence-corrected chi connectivity index (χ0v) is 10.6. The lowest BCUT2D eigenvalue weighted by atomic mass is 10.0. The van der Waals surface area contributed by atoms with Crippen LogP contribution in [-0.2, 0) is 9.59 Å². The van der Waals surface area contributed by atoms with Crippen molar-refractivity contribution >= 4 is 11.9 Å². The first-order chi connectivity index (χ1) is 8.58. The third-order valence-corrected chi connectivity index (χ3v) is 3.55. The van der Waals surface area contributed by atoms with Crippen molar-refractivity contribution in [2.24, 2.45) is 0 Å². The van der Waals surface area contributed by atoms with E-state index in [2.05, 4.69) is 5.32 Å². The lowest BCUT2D eigenvalue weighted by Gasteiger charge is -2.35. The molecule has 18 heavy (non-hydrogen) atoms. The summed E-state index contributed by atoms with van der Waals surface area (Å²) < 4.78 is 0. The summed E-state index contributed by atoms with van der Waals surface area (Å²) in [4.78, 5) is 26.4. The zero-order chi connectivity index (χ0) is 13.1. The fraction of sp³-hybridized carbons (Fsp3) is 0.667. The molecule has 0 aromatic carbocycles. The van der Waals surface area contributed by atoms with Gasteiger partial charge in [0, 0.05) is 44.8 Å². The van der Waals surface area contributed by atoms with Crippen molar-refractivity contribution in [3.8, 4) is 0 Å². The monoisotopic (exact) mass is 253 g/mol. The van der Waals surface area contributed by atoms with Crippen molar-refractivity contribution in [1.29, 1.82) is 0 Å². The normalized spacial score (nSPS) is 20.5. The summed E-state index contributed by atoms with van der Waals surface area (Å²) in [6.07, 6.45) is 0. The van der Waals surface area contributed by atoms with Gasteiger partial charge < -0.3 is 15.3 Å². The molecule has 6 heteroatoms. The highest BCUT2D eigenvalue weighted by Crippen LogP contribution is 2.13. The first-order valence-electron chi connectivity index (χ1n) is 6.20. The smallest absolute Gasteiger partial charge is 0.317 e. The Kier molecular flexibility index (Phi) is 3.98. The molecule has 6 nitrogen and oxygen atoms in total. The number of piperazine rings is 1. The van der Waals surface area contributed by atoms with E-state index in [9.17, 15) is 9.59 Å². The Balaban J connectivity index is 1.86. The highest BCUT2D eigenvalue weighted by Gasteiger charge is 2.25. The van der Waals surface area contributed by atoms with Gasteiger partial charge in [0.05, 0.1) is 6.54 Å². The molecule has 1 amide bonds. The SMILES string of the molecule is CC(C(=O)N1CCN(CC(=O)O)CC1)=C1CNC1. The molecule has 0 aromatic heterocycles. The minimum atomic E-state index is -0.811. The lowest BCUT2D eigenvalue weighted by Crippen LogP contribution is -2.50. The predicted molar refractivity (Wildman–Crippen MR) is 66.2 cm³/mol. The van der Waals surface area contributed by atoms with Crippen molar-refractivity contribution in [1.82, 2.24) is 15.1 Å². The van der Waals surface area contributed by atoms with Crippen LogP contribution in [0.4, 0.5) is 0 Å². The number of hydrogen-bond acceptors (Lipinski definition) is 4. The van der Waals surface area contributed by atoms with Gasteiger partial charge in [-0.25, -0.2) is 0 Å². The molecule has 2 N–H and O–H groups in total. The number of aliphatic carboxylic acids is 1. The molecule has 0 saturated carbocycles. The van der Waals surface area contributed by atoms with E-state index in [1.165, 1.54) is 5.57 Å². The van der Waals surface area contributed by atoms with E-state index in [4.69, 9.17) is 5.11 Å². The van der Waals surface area contributed by atoms with Gasteiger partial charge in [0.1, 0.15) is 0 Å². The predicted octanol–water partition coefficient (Wildman–Crippen LogP) is -0.865.